The Kier molecular flexibility index (Phi) is 5.54. The van der Waals surface area contributed by atoms with Crippen LogP contribution in [0.25, 0.3) is 16.6 Å². The summed E-state index contributed by atoms with van der Waals surface area (Å²) in [5.41, 5.74) is 2.98. The first kappa shape index (κ1) is 22.4. The van der Waals surface area contributed by atoms with Gasteiger partial charge in [-0.1, -0.05) is 0 Å². The molecule has 7 nitrogen and oxygen atoms in total. The molecule has 0 spiro atoms. The second kappa shape index (κ2) is 8.42. The van der Waals surface area contributed by atoms with E-state index in [1.54, 1.807) is 30.4 Å². The molecule has 3 atom stereocenters. The fourth-order valence-electron chi connectivity index (χ4n) is 5.65. The van der Waals surface area contributed by atoms with Crippen molar-refractivity contribution in [3.8, 4) is 5.69 Å². The molecule has 2 amide bonds. The molecule has 1 unspecified atom stereocenters. The summed E-state index contributed by atoms with van der Waals surface area (Å²) >= 11 is 0. The topological polar surface area (TPSA) is 78.7 Å². The maximum absolute atomic E-state index is 14.2. The fourth-order valence-corrected chi connectivity index (χ4v) is 5.65. The van der Waals surface area contributed by atoms with Crippen LogP contribution in [0.4, 0.5) is 9.18 Å². The Labute approximate surface area is 197 Å². The Morgan fingerprint density at radius 3 is 2.53 bits per heavy atom. The predicted molar refractivity (Wildman–Crippen MR) is 127 cm³/mol. The highest BCUT2D eigenvalue weighted by molar-refractivity contribution is 5.99. The van der Waals surface area contributed by atoms with Gasteiger partial charge in [0.1, 0.15) is 5.82 Å². The number of carboxylic acid groups (broad SMARTS) is 1. The molecule has 0 radical (unpaired) electrons. The van der Waals surface area contributed by atoms with Crippen molar-refractivity contribution in [2.75, 3.05) is 20.1 Å². The van der Waals surface area contributed by atoms with Crippen molar-refractivity contribution in [2.45, 2.75) is 38.6 Å². The largest absolute Gasteiger partial charge is 0.465 e. The summed E-state index contributed by atoms with van der Waals surface area (Å²) in [5, 5.41) is 10.4. The highest BCUT2D eigenvalue weighted by Crippen LogP contribution is 2.48. The maximum atomic E-state index is 14.2. The van der Waals surface area contributed by atoms with E-state index in [1.165, 1.54) is 22.6 Å². The zero-order chi connectivity index (χ0) is 24.1. The minimum Gasteiger partial charge on any atom is -0.465 e. The van der Waals surface area contributed by atoms with E-state index in [4.69, 9.17) is 0 Å². The molecule has 2 aromatic heterocycles. The number of pyridine rings is 1. The molecule has 1 aromatic carbocycles. The van der Waals surface area contributed by atoms with Gasteiger partial charge in [0, 0.05) is 44.0 Å². The van der Waals surface area contributed by atoms with Crippen LogP contribution in [-0.4, -0.2) is 62.6 Å². The molecule has 178 valence electrons. The molecular weight excluding hydrogens is 435 g/mol. The normalized spacial score (nSPS) is 21.9. The Morgan fingerprint density at radius 1 is 1.18 bits per heavy atom. The summed E-state index contributed by atoms with van der Waals surface area (Å²) in [6, 6.07) is 6.30. The zero-order valence-electron chi connectivity index (χ0n) is 19.6. The molecule has 8 heteroatoms. The lowest BCUT2D eigenvalue weighted by atomic mass is 9.96. The average molecular weight is 465 g/mol. The van der Waals surface area contributed by atoms with E-state index in [9.17, 15) is 19.1 Å². The summed E-state index contributed by atoms with van der Waals surface area (Å²) in [6.45, 7) is 5.03. The van der Waals surface area contributed by atoms with Crippen molar-refractivity contribution in [1.29, 1.82) is 0 Å². The Balaban J connectivity index is 1.55. The summed E-state index contributed by atoms with van der Waals surface area (Å²) in [5.74, 6) is 0.342. The van der Waals surface area contributed by atoms with Gasteiger partial charge in [-0.3, -0.25) is 9.78 Å². The van der Waals surface area contributed by atoms with Crippen LogP contribution in [0.1, 0.15) is 48.5 Å². The summed E-state index contributed by atoms with van der Waals surface area (Å²) in [4.78, 5) is 32.1. The first-order valence-corrected chi connectivity index (χ1v) is 11.7. The van der Waals surface area contributed by atoms with Gasteiger partial charge in [-0.05, 0) is 74.3 Å². The first-order chi connectivity index (χ1) is 16.2. The highest BCUT2D eigenvalue weighted by Gasteiger charge is 2.43. The number of hydrogen-bond donors (Lipinski definition) is 1. The van der Waals surface area contributed by atoms with Gasteiger partial charge in [0.25, 0.3) is 5.91 Å². The standard InChI is InChI=1S/C26H29FN4O3/c1-15(2)29(3)25(32)21-10-19(27)4-5-23(21)31-14-22(20-6-7-28-11-24(20)31)16-8-17-12-30(26(33)34)13-18(17)9-16/h4-7,10-11,14-18H,8-9,12-13H2,1-3H3,(H,33,34)/t16?,17-,18+. The van der Waals surface area contributed by atoms with Crippen LogP contribution < -0.4 is 0 Å². The van der Waals surface area contributed by atoms with Gasteiger partial charge >= 0.3 is 6.09 Å². The Morgan fingerprint density at radius 2 is 1.88 bits per heavy atom. The maximum Gasteiger partial charge on any atom is 0.407 e. The van der Waals surface area contributed by atoms with Crippen molar-refractivity contribution in [1.82, 2.24) is 19.4 Å². The van der Waals surface area contributed by atoms with Crippen molar-refractivity contribution < 1.29 is 19.1 Å². The predicted octanol–water partition coefficient (Wildman–Crippen LogP) is 4.75. The smallest absolute Gasteiger partial charge is 0.407 e. The van der Waals surface area contributed by atoms with Crippen LogP contribution in [0, 0.1) is 17.7 Å². The van der Waals surface area contributed by atoms with Gasteiger partial charge in [0.2, 0.25) is 0 Å². The quantitative estimate of drug-likeness (QED) is 0.605. The number of carbonyl (C=O) groups is 2. The number of fused-ring (bicyclic) bond motifs is 2. The number of aromatic nitrogens is 2. The third kappa shape index (κ3) is 3.71. The molecule has 3 aromatic rings. The van der Waals surface area contributed by atoms with Gasteiger partial charge in [-0.15, -0.1) is 0 Å². The number of halogens is 1. The van der Waals surface area contributed by atoms with Gasteiger partial charge < -0.3 is 19.5 Å². The molecule has 3 heterocycles. The molecule has 1 saturated carbocycles. The molecule has 0 bridgehead atoms. The van der Waals surface area contributed by atoms with E-state index in [0.29, 0.717) is 42.1 Å². The first-order valence-electron chi connectivity index (χ1n) is 11.7. The molecule has 1 aliphatic carbocycles. The zero-order valence-corrected chi connectivity index (χ0v) is 19.6. The second-order valence-corrected chi connectivity index (χ2v) is 9.89. The lowest BCUT2D eigenvalue weighted by molar-refractivity contribution is 0.0754. The Hall–Kier alpha value is -3.42. The van der Waals surface area contributed by atoms with E-state index >= 15 is 0 Å². The molecular formula is C26H29FN4O3. The molecule has 5 rings (SSSR count). The minimum absolute atomic E-state index is 0.0227. The van der Waals surface area contributed by atoms with E-state index in [-0.39, 0.29) is 11.9 Å². The van der Waals surface area contributed by atoms with Gasteiger partial charge in [0.15, 0.2) is 0 Å². The third-order valence-electron chi connectivity index (χ3n) is 7.64. The summed E-state index contributed by atoms with van der Waals surface area (Å²) in [7, 11) is 1.72. The van der Waals surface area contributed by atoms with Crippen LogP contribution in [0.5, 0.6) is 0 Å². The highest BCUT2D eigenvalue weighted by atomic mass is 19.1. The minimum atomic E-state index is -0.839. The molecule has 2 aliphatic rings. The number of amides is 2. The van der Waals surface area contributed by atoms with Gasteiger partial charge in [0.05, 0.1) is 23.0 Å². The van der Waals surface area contributed by atoms with Gasteiger partial charge in [-0.2, -0.15) is 0 Å². The monoisotopic (exact) mass is 464 g/mol. The van der Waals surface area contributed by atoms with Crippen LogP contribution in [0.2, 0.25) is 0 Å². The molecule has 34 heavy (non-hydrogen) atoms. The van der Waals surface area contributed by atoms with Gasteiger partial charge in [-0.25, -0.2) is 9.18 Å². The number of carbonyl (C=O) groups excluding carboxylic acids is 1. The van der Waals surface area contributed by atoms with E-state index < -0.39 is 11.9 Å². The number of rotatable bonds is 4. The Bertz CT molecular complexity index is 1260. The van der Waals surface area contributed by atoms with Crippen molar-refractivity contribution in [3.05, 3.63) is 59.8 Å². The van der Waals surface area contributed by atoms with Crippen LogP contribution in [-0.2, 0) is 0 Å². The molecule has 2 fully saturated rings. The van der Waals surface area contributed by atoms with Crippen LogP contribution in [0.15, 0.2) is 42.9 Å². The number of nitrogens with zero attached hydrogens (tertiary/aromatic N) is 4. The van der Waals surface area contributed by atoms with Crippen LogP contribution >= 0.6 is 0 Å². The lowest BCUT2D eigenvalue weighted by Crippen LogP contribution is -2.33. The molecule has 1 saturated heterocycles. The van der Waals surface area contributed by atoms with Crippen molar-refractivity contribution >= 4 is 22.9 Å². The molecule has 1 N–H and O–H groups in total. The number of hydrogen-bond acceptors (Lipinski definition) is 3. The lowest BCUT2D eigenvalue weighted by Gasteiger charge is -2.23. The number of benzene rings is 1. The van der Waals surface area contributed by atoms with Crippen molar-refractivity contribution in [2.24, 2.45) is 11.8 Å². The summed E-state index contributed by atoms with van der Waals surface area (Å²) < 4.78 is 16.2. The second-order valence-electron chi connectivity index (χ2n) is 9.89. The fraction of sp³-hybridized carbons (Fsp3) is 0.423. The van der Waals surface area contributed by atoms with E-state index in [2.05, 4.69) is 11.2 Å². The molecule has 1 aliphatic heterocycles. The van der Waals surface area contributed by atoms with Crippen molar-refractivity contribution in [3.63, 3.8) is 0 Å². The summed E-state index contributed by atoms with van der Waals surface area (Å²) in [6.07, 6.45) is 6.63. The van der Waals surface area contributed by atoms with E-state index in [0.717, 1.165) is 23.7 Å². The SMILES string of the molecule is CC(C)N(C)C(=O)c1cc(F)ccc1-n1cc(C2C[C@@H]3CN(C(=O)O)C[C@@H]3C2)c2ccncc21. The van der Waals surface area contributed by atoms with Crippen LogP contribution in [0.3, 0.4) is 0 Å². The van der Waals surface area contributed by atoms with E-state index in [1.807, 2.05) is 24.5 Å². The third-order valence-corrected chi connectivity index (χ3v) is 7.64. The average Bonchev–Trinajstić information content (AvgIpc) is 3.49. The number of likely N-dealkylation sites (tertiary alicyclic amines) is 1.